The number of rotatable bonds is 12. The van der Waals surface area contributed by atoms with Crippen LogP contribution in [0.2, 0.25) is 0 Å². The molecule has 0 saturated heterocycles. The van der Waals surface area contributed by atoms with E-state index >= 15 is 0 Å². The van der Waals surface area contributed by atoms with Crippen LogP contribution in [-0.4, -0.2) is 78.7 Å². The molecule has 0 N–H and O–H groups in total. The van der Waals surface area contributed by atoms with Gasteiger partial charge in [-0.05, 0) is 139 Å². The van der Waals surface area contributed by atoms with Gasteiger partial charge in [0, 0.05) is 84.5 Å². The van der Waals surface area contributed by atoms with Crippen molar-refractivity contribution in [3.8, 4) is 23.0 Å². The Labute approximate surface area is 378 Å². The largest absolute Gasteiger partial charge is 0.481 e. The molecule has 0 atom stereocenters. The van der Waals surface area contributed by atoms with Crippen molar-refractivity contribution in [1.82, 2.24) is 0 Å². The summed E-state index contributed by atoms with van der Waals surface area (Å²) in [4.78, 5) is 49.9. The minimum atomic E-state index is -0.555. The first-order valence-corrected chi connectivity index (χ1v) is 21.2. The van der Waals surface area contributed by atoms with Crippen LogP contribution in [0.1, 0.15) is 44.5 Å². The molecule has 1 aliphatic rings. The quantitative estimate of drug-likeness (QED) is 0.0723. The molecule has 0 spiro atoms. The van der Waals surface area contributed by atoms with Crippen molar-refractivity contribution < 1.29 is 57.1 Å². The van der Waals surface area contributed by atoms with Gasteiger partial charge in [0.05, 0.1) is 28.4 Å². The topological polar surface area (TPSA) is 142 Å². The van der Waals surface area contributed by atoms with Gasteiger partial charge in [-0.25, -0.2) is 19.2 Å². The standard InChI is InChI=1S/C40H36I4O12/c1-49-33(45)17-53-37-21-5-23-11-30(42)13-25(38(23)54-18-34(46)50-2)7-27-15-32(44)16-28(40(27)56-20-36(48)52-4)8-26-14-31(43)12-24(6-22(37)10-29(41)9-21)39(26)55-19-35(47)51-3/h9-16H,5-8,17-20H2,1-4H3. The summed E-state index contributed by atoms with van der Waals surface area (Å²) in [6.45, 7) is -1.37. The molecule has 0 unspecified atom stereocenters. The van der Waals surface area contributed by atoms with Crippen molar-refractivity contribution in [1.29, 1.82) is 0 Å². The molecular weight excluding hydrogens is 1180 g/mol. The molecule has 8 bridgehead atoms. The van der Waals surface area contributed by atoms with E-state index in [9.17, 15) is 19.2 Å². The molecule has 56 heavy (non-hydrogen) atoms. The van der Waals surface area contributed by atoms with Crippen molar-refractivity contribution in [2.45, 2.75) is 25.7 Å². The molecule has 296 valence electrons. The van der Waals surface area contributed by atoms with Crippen LogP contribution < -0.4 is 18.9 Å². The van der Waals surface area contributed by atoms with Crippen LogP contribution in [0.5, 0.6) is 23.0 Å². The fourth-order valence-electron chi connectivity index (χ4n) is 6.22. The van der Waals surface area contributed by atoms with Crippen LogP contribution >= 0.6 is 90.4 Å². The second-order valence-electron chi connectivity index (χ2n) is 12.4. The molecule has 4 aromatic rings. The van der Waals surface area contributed by atoms with Crippen LogP contribution in [0.15, 0.2) is 48.5 Å². The summed E-state index contributed by atoms with van der Waals surface area (Å²) in [6.07, 6.45) is 1.14. The third kappa shape index (κ3) is 11.5. The highest BCUT2D eigenvalue weighted by Gasteiger charge is 2.25. The van der Waals surface area contributed by atoms with E-state index in [1.54, 1.807) is 0 Å². The second kappa shape index (κ2) is 20.5. The summed E-state index contributed by atoms with van der Waals surface area (Å²) < 4.78 is 48.5. The third-order valence-electron chi connectivity index (χ3n) is 8.60. The zero-order valence-electron chi connectivity index (χ0n) is 30.7. The van der Waals surface area contributed by atoms with Gasteiger partial charge in [-0.15, -0.1) is 0 Å². The normalized spacial score (nSPS) is 11.9. The van der Waals surface area contributed by atoms with Gasteiger partial charge in [0.2, 0.25) is 0 Å². The molecule has 16 heteroatoms. The highest BCUT2D eigenvalue weighted by molar-refractivity contribution is 14.1. The van der Waals surface area contributed by atoms with Crippen LogP contribution in [0.4, 0.5) is 0 Å². The molecule has 0 aliphatic heterocycles. The van der Waals surface area contributed by atoms with Crippen LogP contribution in [0.3, 0.4) is 0 Å². The van der Waals surface area contributed by atoms with Crippen molar-refractivity contribution in [3.05, 3.63) is 107 Å². The Balaban J connectivity index is 1.84. The lowest BCUT2D eigenvalue weighted by Gasteiger charge is -2.23. The molecule has 0 aromatic heterocycles. The fraction of sp³-hybridized carbons (Fsp3) is 0.300. The zero-order valence-corrected chi connectivity index (χ0v) is 39.3. The first-order chi connectivity index (χ1) is 26.8. The summed E-state index contributed by atoms with van der Waals surface area (Å²) >= 11 is 9.01. The molecule has 0 heterocycles. The first kappa shape index (κ1) is 44.0. The maximum absolute atomic E-state index is 12.5. The molecule has 5 rings (SSSR count). The number of esters is 4. The van der Waals surface area contributed by atoms with Crippen LogP contribution in [0.25, 0.3) is 0 Å². The smallest absolute Gasteiger partial charge is 0.343 e. The van der Waals surface area contributed by atoms with E-state index in [4.69, 9.17) is 37.9 Å². The maximum atomic E-state index is 12.5. The van der Waals surface area contributed by atoms with E-state index in [1.807, 2.05) is 48.5 Å². The van der Waals surface area contributed by atoms with E-state index in [2.05, 4.69) is 90.4 Å². The van der Waals surface area contributed by atoms with Crippen molar-refractivity contribution in [2.75, 3.05) is 54.9 Å². The number of benzene rings is 4. The lowest BCUT2D eigenvalue weighted by atomic mass is 9.91. The second-order valence-corrected chi connectivity index (χ2v) is 17.4. The molecule has 12 nitrogen and oxygen atoms in total. The number of carbonyl (C=O) groups excluding carboxylic acids is 4. The SMILES string of the molecule is COC(=O)COc1c2cc(I)cc1Cc1cc(I)cc(c1OCC(=O)OC)Cc1cc(I)cc(c1OCC(=O)OC)Cc1cc(I)cc(c1OCC(=O)OC)C2. The maximum Gasteiger partial charge on any atom is 0.343 e. The van der Waals surface area contributed by atoms with Crippen molar-refractivity contribution in [2.24, 2.45) is 0 Å². The number of halogens is 4. The predicted octanol–water partition coefficient (Wildman–Crippen LogP) is 6.99. The van der Waals surface area contributed by atoms with Gasteiger partial charge in [-0.1, -0.05) is 0 Å². The fourth-order valence-corrected chi connectivity index (χ4v) is 9.23. The Kier molecular flexibility index (Phi) is 16.1. The minimum absolute atomic E-state index is 0.285. The Morgan fingerprint density at radius 1 is 0.375 bits per heavy atom. The number of methoxy groups -OCH3 is 4. The highest BCUT2D eigenvalue weighted by atomic mass is 127. The number of hydrogen-bond acceptors (Lipinski definition) is 12. The highest BCUT2D eigenvalue weighted by Crippen LogP contribution is 2.41. The average molecular weight is 1220 g/mol. The van der Waals surface area contributed by atoms with Crippen LogP contribution in [0, 0.1) is 14.3 Å². The van der Waals surface area contributed by atoms with Gasteiger partial charge in [0.1, 0.15) is 23.0 Å². The Morgan fingerprint density at radius 3 is 0.679 bits per heavy atom. The Hall–Kier alpha value is -3.12. The summed E-state index contributed by atoms with van der Waals surface area (Å²) in [5.41, 5.74) is 6.00. The van der Waals surface area contributed by atoms with E-state index in [0.717, 1.165) is 58.8 Å². The van der Waals surface area contributed by atoms with Gasteiger partial charge >= 0.3 is 23.9 Å². The molecule has 0 amide bonds. The summed E-state index contributed by atoms with van der Waals surface area (Å²) in [5, 5.41) is 0. The van der Waals surface area contributed by atoms with Crippen LogP contribution in [-0.2, 0) is 63.8 Å². The van der Waals surface area contributed by atoms with E-state index in [1.165, 1.54) is 28.4 Å². The Bertz CT molecular complexity index is 1760. The lowest BCUT2D eigenvalue weighted by molar-refractivity contribution is -0.143. The van der Waals surface area contributed by atoms with Crippen molar-refractivity contribution in [3.63, 3.8) is 0 Å². The van der Waals surface area contributed by atoms with E-state index in [0.29, 0.717) is 23.0 Å². The molecule has 1 aliphatic carbocycles. The minimum Gasteiger partial charge on any atom is -0.481 e. The zero-order chi connectivity index (χ0) is 40.5. The third-order valence-corrected chi connectivity index (χ3v) is 11.1. The van der Waals surface area contributed by atoms with E-state index < -0.39 is 23.9 Å². The van der Waals surface area contributed by atoms with Gasteiger partial charge in [-0.3, -0.25) is 0 Å². The molecular formula is C40H36I4O12. The summed E-state index contributed by atoms with van der Waals surface area (Å²) in [7, 11) is 5.18. The van der Waals surface area contributed by atoms with Gasteiger partial charge < -0.3 is 37.9 Å². The summed E-state index contributed by atoms with van der Waals surface area (Å²) in [5.74, 6) is -0.331. The molecule has 4 aromatic carbocycles. The predicted molar refractivity (Wildman–Crippen MR) is 238 cm³/mol. The number of carbonyl (C=O) groups is 4. The van der Waals surface area contributed by atoms with Gasteiger partial charge in [0.15, 0.2) is 26.4 Å². The Morgan fingerprint density at radius 2 is 0.536 bits per heavy atom. The van der Waals surface area contributed by atoms with Gasteiger partial charge in [0.25, 0.3) is 0 Å². The molecule has 0 fully saturated rings. The molecule has 0 saturated carbocycles. The average Bonchev–Trinajstić information content (AvgIpc) is 3.15. The van der Waals surface area contributed by atoms with Crippen molar-refractivity contribution >= 4 is 114 Å². The number of hydrogen-bond donors (Lipinski definition) is 0. The lowest BCUT2D eigenvalue weighted by Crippen LogP contribution is -2.17. The summed E-state index contributed by atoms with van der Waals surface area (Å²) in [6, 6.07) is 15.8. The molecule has 0 radical (unpaired) electrons. The van der Waals surface area contributed by atoms with Gasteiger partial charge in [-0.2, -0.15) is 0 Å². The number of ether oxygens (including phenoxy) is 8. The first-order valence-electron chi connectivity index (χ1n) is 16.9. The monoisotopic (exact) mass is 1220 g/mol. The van der Waals surface area contributed by atoms with E-state index in [-0.39, 0.29) is 52.1 Å². The number of fused-ring (bicyclic) bond motifs is 8.